The van der Waals surface area contributed by atoms with Crippen LogP contribution in [0.25, 0.3) is 0 Å². The van der Waals surface area contributed by atoms with Gasteiger partial charge in [-0.25, -0.2) is 0 Å². The molecule has 0 radical (unpaired) electrons. The molecule has 2 saturated heterocycles. The third-order valence-electron chi connectivity index (χ3n) is 6.15. The summed E-state index contributed by atoms with van der Waals surface area (Å²) in [6.07, 6.45) is 4.61. The second-order valence-corrected chi connectivity index (χ2v) is 8.35. The summed E-state index contributed by atoms with van der Waals surface area (Å²) in [6, 6.07) is 8.95. The summed E-state index contributed by atoms with van der Waals surface area (Å²) in [4.78, 5) is 28.7. The van der Waals surface area contributed by atoms with E-state index in [-0.39, 0.29) is 11.8 Å². The third-order valence-corrected chi connectivity index (χ3v) is 6.15. The van der Waals surface area contributed by atoms with E-state index >= 15 is 0 Å². The molecule has 1 atom stereocenters. The van der Waals surface area contributed by atoms with Crippen molar-refractivity contribution in [2.24, 2.45) is 0 Å². The third kappa shape index (κ3) is 6.54. The molecule has 1 unspecified atom stereocenters. The molecule has 160 valence electrons. The summed E-state index contributed by atoms with van der Waals surface area (Å²) in [5.41, 5.74) is 2.24. The van der Waals surface area contributed by atoms with Crippen LogP contribution in [0.2, 0.25) is 0 Å². The molecule has 2 aliphatic heterocycles. The van der Waals surface area contributed by atoms with Crippen LogP contribution in [-0.4, -0.2) is 73.1 Å². The first-order valence-electron chi connectivity index (χ1n) is 10.9. The fourth-order valence-corrected chi connectivity index (χ4v) is 4.47. The maximum absolute atomic E-state index is 12.4. The Morgan fingerprint density at radius 3 is 2.55 bits per heavy atom. The minimum Gasteiger partial charge on any atom is -0.381 e. The van der Waals surface area contributed by atoms with Crippen LogP contribution in [0.3, 0.4) is 0 Å². The number of nitrogens with zero attached hydrogens (tertiary/aromatic N) is 2. The SMILES string of the molecule is CC(=O)N1CCCC(N(CCNC(=O)Cc2ccc(C)cc2)C2CCOCC2)C1. The first kappa shape index (κ1) is 21.8. The standard InChI is InChI=1S/C23H35N3O3/c1-18-5-7-20(8-6-18)16-23(28)24-11-13-26(21-9-14-29-15-10-21)22-4-3-12-25(17-22)19(2)27/h5-8,21-22H,3-4,9-17H2,1-2H3,(H,24,28). The van der Waals surface area contributed by atoms with Gasteiger partial charge < -0.3 is 15.0 Å². The van der Waals surface area contributed by atoms with E-state index in [0.717, 1.165) is 64.1 Å². The number of hydrogen-bond donors (Lipinski definition) is 1. The van der Waals surface area contributed by atoms with Gasteiger partial charge in [0, 0.05) is 58.4 Å². The van der Waals surface area contributed by atoms with Gasteiger partial charge in [-0.05, 0) is 38.2 Å². The number of aryl methyl sites for hydroxylation is 1. The maximum Gasteiger partial charge on any atom is 0.224 e. The molecule has 6 nitrogen and oxygen atoms in total. The number of amides is 2. The lowest BCUT2D eigenvalue weighted by atomic mass is 9.98. The second kappa shape index (κ2) is 10.7. The lowest BCUT2D eigenvalue weighted by Crippen LogP contribution is -2.55. The molecule has 0 spiro atoms. The van der Waals surface area contributed by atoms with E-state index in [1.54, 1.807) is 6.92 Å². The van der Waals surface area contributed by atoms with Gasteiger partial charge in [0.1, 0.15) is 0 Å². The maximum atomic E-state index is 12.4. The van der Waals surface area contributed by atoms with Crippen molar-refractivity contribution < 1.29 is 14.3 Å². The molecule has 2 heterocycles. The fraction of sp³-hybridized carbons (Fsp3) is 0.652. The number of ether oxygens (including phenoxy) is 1. The highest BCUT2D eigenvalue weighted by atomic mass is 16.5. The fourth-order valence-electron chi connectivity index (χ4n) is 4.47. The summed E-state index contributed by atoms with van der Waals surface area (Å²) >= 11 is 0. The van der Waals surface area contributed by atoms with Crippen molar-refractivity contribution in [2.45, 2.75) is 58.0 Å². The summed E-state index contributed by atoms with van der Waals surface area (Å²) in [5, 5.41) is 3.10. The van der Waals surface area contributed by atoms with Gasteiger partial charge in [-0.2, -0.15) is 0 Å². The molecular formula is C23H35N3O3. The van der Waals surface area contributed by atoms with E-state index in [2.05, 4.69) is 10.2 Å². The highest BCUT2D eigenvalue weighted by Gasteiger charge is 2.31. The minimum absolute atomic E-state index is 0.0646. The Hall–Kier alpha value is -1.92. The Balaban J connectivity index is 1.54. The second-order valence-electron chi connectivity index (χ2n) is 8.35. The van der Waals surface area contributed by atoms with Gasteiger partial charge in [-0.3, -0.25) is 14.5 Å². The average molecular weight is 402 g/mol. The molecular weight excluding hydrogens is 366 g/mol. The molecule has 2 amide bonds. The van der Waals surface area contributed by atoms with E-state index in [0.29, 0.717) is 25.0 Å². The summed E-state index contributed by atoms with van der Waals surface area (Å²) < 4.78 is 5.55. The zero-order valence-corrected chi connectivity index (χ0v) is 17.9. The zero-order chi connectivity index (χ0) is 20.6. The molecule has 1 aromatic carbocycles. The van der Waals surface area contributed by atoms with Crippen LogP contribution in [0.15, 0.2) is 24.3 Å². The minimum atomic E-state index is 0.0646. The first-order valence-corrected chi connectivity index (χ1v) is 10.9. The van der Waals surface area contributed by atoms with Crippen molar-refractivity contribution in [2.75, 3.05) is 39.4 Å². The van der Waals surface area contributed by atoms with Crippen LogP contribution in [0.5, 0.6) is 0 Å². The monoisotopic (exact) mass is 401 g/mol. The zero-order valence-electron chi connectivity index (χ0n) is 17.9. The molecule has 2 aliphatic rings. The van der Waals surface area contributed by atoms with Gasteiger partial charge in [0.2, 0.25) is 11.8 Å². The Morgan fingerprint density at radius 1 is 1.14 bits per heavy atom. The Labute approximate surface area is 174 Å². The predicted octanol–water partition coefficient (Wildman–Crippen LogP) is 2.15. The number of benzene rings is 1. The number of carbonyl (C=O) groups excluding carboxylic acids is 2. The molecule has 1 N–H and O–H groups in total. The van der Waals surface area contributed by atoms with Crippen LogP contribution in [0, 0.1) is 6.92 Å². The molecule has 0 bridgehead atoms. The Morgan fingerprint density at radius 2 is 1.86 bits per heavy atom. The smallest absolute Gasteiger partial charge is 0.224 e. The van der Waals surface area contributed by atoms with Crippen LogP contribution in [0.4, 0.5) is 0 Å². The average Bonchev–Trinajstić information content (AvgIpc) is 2.73. The van der Waals surface area contributed by atoms with Crippen molar-refractivity contribution in [3.05, 3.63) is 35.4 Å². The first-order chi connectivity index (χ1) is 14.0. The molecule has 1 aromatic rings. The lowest BCUT2D eigenvalue weighted by molar-refractivity contribution is -0.131. The predicted molar refractivity (Wildman–Crippen MR) is 114 cm³/mol. The summed E-state index contributed by atoms with van der Waals surface area (Å²) in [7, 11) is 0. The molecule has 0 aliphatic carbocycles. The van der Waals surface area contributed by atoms with E-state index in [1.807, 2.05) is 36.1 Å². The van der Waals surface area contributed by atoms with Crippen LogP contribution in [-0.2, 0) is 20.7 Å². The molecule has 2 fully saturated rings. The Bertz CT molecular complexity index is 670. The van der Waals surface area contributed by atoms with E-state index in [1.165, 1.54) is 5.56 Å². The van der Waals surface area contributed by atoms with Crippen molar-refractivity contribution in [3.63, 3.8) is 0 Å². The Kier molecular flexibility index (Phi) is 8.07. The number of carbonyl (C=O) groups is 2. The van der Waals surface area contributed by atoms with Crippen LogP contribution < -0.4 is 5.32 Å². The van der Waals surface area contributed by atoms with Gasteiger partial charge in [-0.15, -0.1) is 0 Å². The molecule has 29 heavy (non-hydrogen) atoms. The molecule has 6 heteroatoms. The van der Waals surface area contributed by atoms with Crippen molar-refractivity contribution in [3.8, 4) is 0 Å². The van der Waals surface area contributed by atoms with Gasteiger partial charge in [0.15, 0.2) is 0 Å². The molecule has 0 saturated carbocycles. The largest absolute Gasteiger partial charge is 0.381 e. The number of hydrogen-bond acceptors (Lipinski definition) is 4. The number of likely N-dealkylation sites (tertiary alicyclic amines) is 1. The van der Waals surface area contributed by atoms with Crippen LogP contribution >= 0.6 is 0 Å². The summed E-state index contributed by atoms with van der Waals surface area (Å²) in [5.74, 6) is 0.225. The van der Waals surface area contributed by atoms with E-state index < -0.39 is 0 Å². The van der Waals surface area contributed by atoms with Gasteiger partial charge >= 0.3 is 0 Å². The number of piperidine rings is 1. The lowest BCUT2D eigenvalue weighted by Gasteiger charge is -2.44. The summed E-state index contributed by atoms with van der Waals surface area (Å²) in [6.45, 7) is 8.41. The van der Waals surface area contributed by atoms with E-state index in [9.17, 15) is 9.59 Å². The van der Waals surface area contributed by atoms with E-state index in [4.69, 9.17) is 4.74 Å². The van der Waals surface area contributed by atoms with Crippen molar-refractivity contribution >= 4 is 11.8 Å². The quantitative estimate of drug-likeness (QED) is 0.761. The highest BCUT2D eigenvalue weighted by molar-refractivity contribution is 5.78. The van der Waals surface area contributed by atoms with Crippen molar-refractivity contribution in [1.82, 2.24) is 15.1 Å². The molecule has 3 rings (SSSR count). The number of nitrogens with one attached hydrogen (secondary N) is 1. The van der Waals surface area contributed by atoms with Gasteiger partial charge in [-0.1, -0.05) is 29.8 Å². The van der Waals surface area contributed by atoms with Crippen LogP contribution in [0.1, 0.15) is 43.7 Å². The topological polar surface area (TPSA) is 61.9 Å². The number of rotatable bonds is 7. The van der Waals surface area contributed by atoms with Crippen molar-refractivity contribution in [1.29, 1.82) is 0 Å². The normalized spacial score (nSPS) is 20.7. The highest BCUT2D eigenvalue weighted by Crippen LogP contribution is 2.23. The van der Waals surface area contributed by atoms with Gasteiger partial charge in [0.05, 0.1) is 6.42 Å². The molecule has 0 aromatic heterocycles. The van der Waals surface area contributed by atoms with Gasteiger partial charge in [0.25, 0.3) is 0 Å².